The monoisotopic (exact) mass is 242 g/mol. The Morgan fingerprint density at radius 2 is 2.06 bits per heavy atom. The fraction of sp³-hybridized carbons (Fsp3) is 0.818. The zero-order chi connectivity index (χ0) is 11.6. The number of nitrogens with one attached hydrogen (secondary N) is 1. The van der Waals surface area contributed by atoms with Crippen molar-refractivity contribution in [2.45, 2.75) is 45.4 Å². The number of rotatable bonds is 9. The van der Waals surface area contributed by atoms with Crippen LogP contribution in [0.15, 0.2) is 0 Å². The van der Waals surface area contributed by atoms with Crippen molar-refractivity contribution < 1.29 is 0 Å². The van der Waals surface area contributed by atoms with E-state index in [1.807, 2.05) is 0 Å². The van der Waals surface area contributed by atoms with Crippen LogP contribution in [0.25, 0.3) is 0 Å². The van der Waals surface area contributed by atoms with E-state index in [1.54, 1.807) is 0 Å². The van der Waals surface area contributed by atoms with E-state index in [1.165, 1.54) is 30.8 Å². The first-order valence-electron chi connectivity index (χ1n) is 6.13. The maximum atomic E-state index is 5.43. The van der Waals surface area contributed by atoms with Crippen LogP contribution in [0.1, 0.15) is 44.9 Å². The van der Waals surface area contributed by atoms with Crippen LogP contribution in [0.3, 0.4) is 0 Å². The molecule has 0 spiro atoms. The summed E-state index contributed by atoms with van der Waals surface area (Å²) in [5.41, 5.74) is 5.43. The number of aromatic nitrogens is 2. The van der Waals surface area contributed by atoms with Gasteiger partial charge in [0, 0.05) is 24.5 Å². The predicted molar refractivity (Wildman–Crippen MR) is 69.9 cm³/mol. The van der Waals surface area contributed by atoms with E-state index in [0.717, 1.165) is 43.3 Å². The minimum atomic E-state index is 0.810. The smallest absolute Gasteiger partial charge is 0.202 e. The first-order chi connectivity index (χ1) is 7.86. The number of unbranched alkanes of at least 4 members (excludes halogenated alkanes) is 3. The summed E-state index contributed by atoms with van der Waals surface area (Å²) in [4.78, 5) is 4.41. The standard InChI is InChI=1S/C11H22N4S/c1-2-7-10-14-11(16-15-10)13-9-6-4-3-5-8-12/h2-9,12H2,1H3,(H,13,14,15). The third-order valence-corrected chi connectivity index (χ3v) is 3.06. The molecule has 0 saturated heterocycles. The highest BCUT2D eigenvalue weighted by molar-refractivity contribution is 7.09. The molecule has 1 heterocycles. The molecule has 1 aromatic heterocycles. The first kappa shape index (κ1) is 13.4. The highest BCUT2D eigenvalue weighted by Gasteiger charge is 2.01. The van der Waals surface area contributed by atoms with Crippen LogP contribution in [0.4, 0.5) is 5.13 Å². The Hall–Kier alpha value is -0.680. The second-order valence-corrected chi connectivity index (χ2v) is 4.65. The quantitative estimate of drug-likeness (QED) is 0.653. The zero-order valence-corrected chi connectivity index (χ0v) is 10.9. The van der Waals surface area contributed by atoms with Gasteiger partial charge in [0.25, 0.3) is 0 Å². The van der Waals surface area contributed by atoms with Crippen molar-refractivity contribution in [2.24, 2.45) is 5.73 Å². The lowest BCUT2D eigenvalue weighted by Crippen LogP contribution is -2.02. The molecule has 0 aliphatic carbocycles. The Morgan fingerprint density at radius 1 is 1.25 bits per heavy atom. The molecule has 0 bridgehead atoms. The molecule has 0 aromatic carbocycles. The molecule has 0 saturated carbocycles. The lowest BCUT2D eigenvalue weighted by atomic mass is 10.2. The normalized spacial score (nSPS) is 10.6. The van der Waals surface area contributed by atoms with Crippen LogP contribution in [-0.2, 0) is 6.42 Å². The highest BCUT2D eigenvalue weighted by atomic mass is 32.1. The van der Waals surface area contributed by atoms with E-state index in [4.69, 9.17) is 5.73 Å². The summed E-state index contributed by atoms with van der Waals surface area (Å²) in [6.45, 7) is 3.95. The Kier molecular flexibility index (Phi) is 7.09. The van der Waals surface area contributed by atoms with E-state index in [-0.39, 0.29) is 0 Å². The summed E-state index contributed by atoms with van der Waals surface area (Å²) in [7, 11) is 0. The van der Waals surface area contributed by atoms with Crippen molar-refractivity contribution in [3.8, 4) is 0 Å². The lowest BCUT2D eigenvalue weighted by Gasteiger charge is -2.01. The number of aryl methyl sites for hydroxylation is 1. The molecule has 16 heavy (non-hydrogen) atoms. The van der Waals surface area contributed by atoms with Crippen molar-refractivity contribution in [3.05, 3.63) is 5.82 Å². The fourth-order valence-corrected chi connectivity index (χ4v) is 2.11. The van der Waals surface area contributed by atoms with Crippen molar-refractivity contribution in [3.63, 3.8) is 0 Å². The van der Waals surface area contributed by atoms with Gasteiger partial charge in [0.2, 0.25) is 5.13 Å². The number of hydrogen-bond donors (Lipinski definition) is 2. The second kappa shape index (κ2) is 8.47. The molecule has 3 N–H and O–H groups in total. The predicted octanol–water partition coefficient (Wildman–Crippen LogP) is 2.42. The number of nitrogens with two attached hydrogens (primary N) is 1. The van der Waals surface area contributed by atoms with E-state index in [0.29, 0.717) is 0 Å². The topological polar surface area (TPSA) is 63.8 Å². The molecular weight excluding hydrogens is 220 g/mol. The van der Waals surface area contributed by atoms with Crippen LogP contribution >= 0.6 is 11.5 Å². The van der Waals surface area contributed by atoms with Gasteiger partial charge in [0.1, 0.15) is 5.82 Å². The van der Waals surface area contributed by atoms with Gasteiger partial charge in [0.05, 0.1) is 0 Å². The van der Waals surface area contributed by atoms with E-state index in [2.05, 4.69) is 21.6 Å². The summed E-state index contributed by atoms with van der Waals surface area (Å²) >= 11 is 1.47. The molecular formula is C11H22N4S. The van der Waals surface area contributed by atoms with Gasteiger partial charge >= 0.3 is 0 Å². The molecule has 0 atom stereocenters. The van der Waals surface area contributed by atoms with Crippen molar-refractivity contribution >= 4 is 16.7 Å². The van der Waals surface area contributed by atoms with Crippen LogP contribution < -0.4 is 11.1 Å². The largest absolute Gasteiger partial charge is 0.360 e. The summed E-state index contributed by atoms with van der Waals surface area (Å²) in [6.07, 6.45) is 6.88. The molecule has 0 radical (unpaired) electrons. The molecule has 0 unspecified atom stereocenters. The van der Waals surface area contributed by atoms with Gasteiger partial charge in [-0.25, -0.2) is 4.98 Å². The fourth-order valence-electron chi connectivity index (χ4n) is 1.47. The van der Waals surface area contributed by atoms with Crippen molar-refractivity contribution in [1.82, 2.24) is 9.36 Å². The number of nitrogens with zero attached hydrogens (tertiary/aromatic N) is 2. The molecule has 0 aliphatic heterocycles. The Labute approximate surface area is 102 Å². The van der Waals surface area contributed by atoms with E-state index in [9.17, 15) is 0 Å². The van der Waals surface area contributed by atoms with E-state index >= 15 is 0 Å². The Balaban J connectivity index is 2.07. The summed E-state index contributed by atoms with van der Waals surface area (Å²) in [6, 6.07) is 0. The average molecular weight is 242 g/mol. The van der Waals surface area contributed by atoms with Gasteiger partial charge in [-0.3, -0.25) is 0 Å². The van der Waals surface area contributed by atoms with Crippen molar-refractivity contribution in [1.29, 1.82) is 0 Å². The SMILES string of the molecule is CCCc1nsc(NCCCCCCN)n1. The Morgan fingerprint density at radius 3 is 2.81 bits per heavy atom. The maximum Gasteiger partial charge on any atom is 0.202 e. The molecule has 4 nitrogen and oxygen atoms in total. The van der Waals surface area contributed by atoms with Crippen LogP contribution in [0.5, 0.6) is 0 Å². The summed E-state index contributed by atoms with van der Waals surface area (Å²) < 4.78 is 4.29. The van der Waals surface area contributed by atoms with E-state index < -0.39 is 0 Å². The van der Waals surface area contributed by atoms with Crippen molar-refractivity contribution in [2.75, 3.05) is 18.4 Å². The Bertz CT molecular complexity index is 275. The number of anilines is 1. The molecule has 1 aromatic rings. The number of hydrogen-bond acceptors (Lipinski definition) is 5. The van der Waals surface area contributed by atoms with Gasteiger partial charge in [-0.1, -0.05) is 19.8 Å². The molecule has 0 aliphatic rings. The minimum Gasteiger partial charge on any atom is -0.360 e. The lowest BCUT2D eigenvalue weighted by molar-refractivity contribution is 0.661. The molecule has 0 fully saturated rings. The molecule has 0 amide bonds. The summed E-state index contributed by atoms with van der Waals surface area (Å²) in [5, 5.41) is 4.27. The van der Waals surface area contributed by atoms with Gasteiger partial charge in [-0.15, -0.1) is 0 Å². The molecule has 92 valence electrons. The summed E-state index contributed by atoms with van der Waals surface area (Å²) in [5.74, 6) is 0.970. The molecule has 1 rings (SSSR count). The van der Waals surface area contributed by atoms with Crippen LogP contribution in [0.2, 0.25) is 0 Å². The minimum absolute atomic E-state index is 0.810. The second-order valence-electron chi connectivity index (χ2n) is 3.90. The first-order valence-corrected chi connectivity index (χ1v) is 6.90. The van der Waals surface area contributed by atoms with Gasteiger partial charge in [-0.05, 0) is 25.8 Å². The van der Waals surface area contributed by atoms with Gasteiger partial charge in [0.15, 0.2) is 0 Å². The molecule has 5 heteroatoms. The van der Waals surface area contributed by atoms with Gasteiger partial charge in [-0.2, -0.15) is 4.37 Å². The zero-order valence-electron chi connectivity index (χ0n) is 10.0. The van der Waals surface area contributed by atoms with Crippen LogP contribution in [0, 0.1) is 0 Å². The van der Waals surface area contributed by atoms with Crippen LogP contribution in [-0.4, -0.2) is 22.4 Å². The third-order valence-electron chi connectivity index (χ3n) is 2.35. The van der Waals surface area contributed by atoms with Gasteiger partial charge < -0.3 is 11.1 Å². The average Bonchev–Trinajstić information content (AvgIpc) is 2.72. The highest BCUT2D eigenvalue weighted by Crippen LogP contribution is 2.12. The maximum absolute atomic E-state index is 5.43. The third kappa shape index (κ3) is 5.42.